The van der Waals surface area contributed by atoms with Crippen LogP contribution in [0.1, 0.15) is 10.4 Å². The molecule has 0 fully saturated rings. The van der Waals surface area contributed by atoms with Gasteiger partial charge >= 0.3 is 12.2 Å². The lowest BCUT2D eigenvalue weighted by atomic mass is 10.2. The number of hydrogen-bond donors (Lipinski definition) is 6. The molecule has 0 saturated heterocycles. The smallest absolute Gasteiger partial charge is 0.407 e. The van der Waals surface area contributed by atoms with Crippen molar-refractivity contribution in [2.45, 2.75) is 0 Å². The monoisotopic (exact) mass is 784 g/mol. The van der Waals surface area contributed by atoms with Gasteiger partial charge in [-0.25, -0.2) is 9.59 Å². The Morgan fingerprint density at radius 3 is 1.50 bits per heavy atom. The zero-order valence-corrected chi connectivity index (χ0v) is 25.4. The molecule has 0 heterocycles. The van der Waals surface area contributed by atoms with E-state index >= 15 is 0 Å². The molecule has 1 aromatic rings. The number of hydrogen-bond acceptors (Lipinski definition) is 10. The van der Waals surface area contributed by atoms with Gasteiger partial charge in [0.15, 0.2) is 0 Å². The number of alkyl halides is 2. The van der Waals surface area contributed by atoms with Crippen molar-refractivity contribution in [3.05, 3.63) is 23.8 Å². The highest BCUT2D eigenvalue weighted by molar-refractivity contribution is 14.1. The van der Waals surface area contributed by atoms with Crippen LogP contribution < -0.4 is 32.7 Å². The number of benzene rings is 1. The van der Waals surface area contributed by atoms with E-state index in [0.717, 1.165) is 0 Å². The summed E-state index contributed by atoms with van der Waals surface area (Å²) < 4.78 is 15.2. The number of halogens is 3. The summed E-state index contributed by atoms with van der Waals surface area (Å²) in [5.74, 6) is -0.406. The van der Waals surface area contributed by atoms with E-state index in [-0.39, 0.29) is 52.7 Å². The second-order valence-corrected chi connectivity index (χ2v) is 8.62. The minimum Gasteiger partial charge on any atom is -0.447 e. The highest BCUT2D eigenvalue weighted by Gasteiger charge is 2.10. The van der Waals surface area contributed by atoms with Crippen molar-refractivity contribution in [3.63, 3.8) is 0 Å². The number of carbonyl (C=O) groups excluding carboxylic acids is 5. The molecule has 0 aliphatic carbocycles. The van der Waals surface area contributed by atoms with Gasteiger partial charge in [-0.3, -0.25) is 14.4 Å². The van der Waals surface area contributed by atoms with Crippen LogP contribution in [0, 0.1) is 0 Å². The average molecular weight is 785 g/mol. The predicted molar refractivity (Wildman–Crippen MR) is 159 cm³/mol. The highest BCUT2D eigenvalue weighted by Crippen LogP contribution is 2.21. The van der Waals surface area contributed by atoms with Crippen LogP contribution in [0.2, 0.25) is 0 Å². The molecule has 0 radical (unpaired) electrons. The van der Waals surface area contributed by atoms with E-state index in [1.165, 1.54) is 12.1 Å². The molecule has 1 rings (SSSR count). The van der Waals surface area contributed by atoms with Gasteiger partial charge in [0.2, 0.25) is 11.8 Å². The fourth-order valence-electron chi connectivity index (χ4n) is 2.21. The zero-order chi connectivity index (χ0) is 28.8. The lowest BCUT2D eigenvalue weighted by molar-refractivity contribution is -0.114. The number of nitrogens with one attached hydrogen (secondary N) is 4. The van der Waals surface area contributed by atoms with Gasteiger partial charge in [0.25, 0.3) is 5.24 Å². The van der Waals surface area contributed by atoms with E-state index in [2.05, 4.69) is 21.3 Å². The molecule has 0 spiro atoms. The van der Waals surface area contributed by atoms with E-state index in [1.807, 2.05) is 45.2 Å². The molecular formula is C21H31ClI2N6O8. The second-order valence-electron chi connectivity index (χ2n) is 6.75. The van der Waals surface area contributed by atoms with Crippen LogP contribution in [0.4, 0.5) is 21.0 Å². The summed E-state index contributed by atoms with van der Waals surface area (Å²) in [6, 6.07) is 4.48. The molecule has 4 amide bonds. The van der Waals surface area contributed by atoms with E-state index in [0.29, 0.717) is 37.6 Å². The molecule has 0 aliphatic heterocycles. The molecule has 14 nitrogen and oxygen atoms in total. The Balaban J connectivity index is 0.000000721. The maximum atomic E-state index is 11.3. The molecule has 0 aliphatic rings. The van der Waals surface area contributed by atoms with Crippen molar-refractivity contribution in [2.75, 3.05) is 72.1 Å². The summed E-state index contributed by atoms with van der Waals surface area (Å²) in [6.07, 6.45) is -1.07. The minimum atomic E-state index is -0.657. The lowest BCUT2D eigenvalue weighted by Gasteiger charge is -2.09. The quantitative estimate of drug-likeness (QED) is 0.0647. The number of rotatable bonds is 15. The molecular weight excluding hydrogens is 754 g/mol. The lowest BCUT2D eigenvalue weighted by Crippen LogP contribution is -2.31. The molecule has 0 saturated carbocycles. The summed E-state index contributed by atoms with van der Waals surface area (Å²) in [5.41, 5.74) is 11.4. The van der Waals surface area contributed by atoms with Crippen molar-refractivity contribution in [1.82, 2.24) is 10.6 Å². The SMILES string of the molecule is NCCNC(=O)OCCOCCOC(=O)NCCN.O=C(CI)Nc1cc(NC(=O)CI)cc(C(=O)Cl)c1. The van der Waals surface area contributed by atoms with Crippen molar-refractivity contribution in [1.29, 1.82) is 0 Å². The van der Waals surface area contributed by atoms with Crippen LogP contribution in [-0.4, -0.2) is 90.7 Å². The number of anilines is 2. The Labute approximate surface area is 252 Å². The van der Waals surface area contributed by atoms with Crippen LogP contribution >= 0.6 is 56.8 Å². The molecule has 38 heavy (non-hydrogen) atoms. The summed E-state index contributed by atoms with van der Waals surface area (Å²) >= 11 is 9.26. The zero-order valence-electron chi connectivity index (χ0n) is 20.4. The van der Waals surface area contributed by atoms with Crippen molar-refractivity contribution in [3.8, 4) is 0 Å². The fourth-order valence-corrected chi connectivity index (χ4v) is 2.70. The van der Waals surface area contributed by atoms with E-state index < -0.39 is 17.4 Å². The van der Waals surface area contributed by atoms with Gasteiger partial charge in [-0.2, -0.15) is 0 Å². The highest BCUT2D eigenvalue weighted by atomic mass is 127. The molecule has 0 aromatic heterocycles. The Hall–Kier alpha value is -2.00. The predicted octanol–water partition coefficient (Wildman–Crippen LogP) is 1.19. The molecule has 0 bridgehead atoms. The van der Waals surface area contributed by atoms with Gasteiger partial charge in [0.05, 0.1) is 22.1 Å². The first kappa shape index (κ1) is 36.0. The third-order valence-corrected chi connectivity index (χ3v) is 5.32. The first-order valence-corrected chi connectivity index (χ1v) is 14.4. The third kappa shape index (κ3) is 19.1. The molecule has 1 aromatic carbocycles. The normalized spacial score (nSPS) is 9.82. The van der Waals surface area contributed by atoms with Crippen molar-refractivity contribution < 1.29 is 38.2 Å². The molecule has 0 atom stereocenters. The summed E-state index contributed by atoms with van der Waals surface area (Å²) in [4.78, 5) is 55.7. The number of alkyl carbamates (subject to hydrolysis) is 2. The molecule has 8 N–H and O–H groups in total. The number of amides is 4. The van der Waals surface area contributed by atoms with Crippen LogP contribution in [0.15, 0.2) is 18.2 Å². The van der Waals surface area contributed by atoms with Crippen LogP contribution in [0.5, 0.6) is 0 Å². The van der Waals surface area contributed by atoms with Gasteiger partial charge in [0, 0.05) is 43.1 Å². The topological polar surface area (TPSA) is 213 Å². The summed E-state index contributed by atoms with van der Waals surface area (Å²) in [6.45, 7) is 2.14. The minimum absolute atomic E-state index is 0.121. The average Bonchev–Trinajstić information content (AvgIpc) is 2.90. The van der Waals surface area contributed by atoms with Gasteiger partial charge in [-0.05, 0) is 29.8 Å². The van der Waals surface area contributed by atoms with E-state index in [4.69, 9.17) is 37.3 Å². The van der Waals surface area contributed by atoms with Crippen molar-refractivity contribution in [2.24, 2.45) is 11.5 Å². The Bertz CT molecular complexity index is 852. The first-order chi connectivity index (χ1) is 18.2. The summed E-state index contributed by atoms with van der Waals surface area (Å²) in [5, 5.41) is 9.44. The van der Waals surface area contributed by atoms with Gasteiger partial charge in [-0.15, -0.1) is 0 Å². The van der Waals surface area contributed by atoms with Crippen LogP contribution in [0.3, 0.4) is 0 Å². The number of carbonyl (C=O) groups is 5. The fraction of sp³-hybridized carbons (Fsp3) is 0.476. The van der Waals surface area contributed by atoms with Crippen molar-refractivity contribution >= 4 is 97.4 Å². The van der Waals surface area contributed by atoms with Gasteiger partial charge in [0.1, 0.15) is 13.2 Å². The Morgan fingerprint density at radius 1 is 0.737 bits per heavy atom. The van der Waals surface area contributed by atoms with Gasteiger partial charge in [-0.1, -0.05) is 45.2 Å². The van der Waals surface area contributed by atoms with E-state index in [9.17, 15) is 24.0 Å². The van der Waals surface area contributed by atoms with Gasteiger partial charge < -0.3 is 46.9 Å². The Morgan fingerprint density at radius 2 is 1.16 bits per heavy atom. The summed E-state index contributed by atoms with van der Waals surface area (Å²) in [7, 11) is 0. The van der Waals surface area contributed by atoms with Crippen LogP contribution in [0.25, 0.3) is 0 Å². The Kier molecular flexibility index (Phi) is 21.7. The maximum absolute atomic E-state index is 11.3. The molecule has 0 unspecified atom stereocenters. The standard InChI is InChI=1S/C11H9ClI2N2O3.C10H22N4O5/c12-11(19)6-1-7(15-9(17)4-13)3-8(2-6)16-10(18)5-14;11-1-3-13-9(15)18-7-5-17-6-8-19-10(16)14-4-2-12/h1-3H,4-5H2,(H,15,17)(H,16,18);1-8,11-12H2,(H,13,15)(H,14,16). The van der Waals surface area contributed by atoms with Crippen LogP contribution in [-0.2, 0) is 23.8 Å². The third-order valence-electron chi connectivity index (χ3n) is 3.72. The number of nitrogens with two attached hydrogens (primary N) is 2. The maximum Gasteiger partial charge on any atom is 0.407 e. The first-order valence-electron chi connectivity index (χ1n) is 11.0. The molecule has 17 heteroatoms. The number of ether oxygens (including phenoxy) is 3. The largest absolute Gasteiger partial charge is 0.447 e. The molecule has 214 valence electrons. The second kappa shape index (κ2) is 22.9. The van der Waals surface area contributed by atoms with E-state index in [1.54, 1.807) is 6.07 Å².